The van der Waals surface area contributed by atoms with Crippen LogP contribution in [-0.4, -0.2) is 44.0 Å². The van der Waals surface area contributed by atoms with E-state index in [0.29, 0.717) is 42.9 Å². The monoisotopic (exact) mass is 293 g/mol. The van der Waals surface area contributed by atoms with Crippen LogP contribution < -0.4 is 5.73 Å². The molecule has 3 rings (SSSR count). The van der Waals surface area contributed by atoms with Crippen LogP contribution in [0.3, 0.4) is 0 Å². The number of nitrogens with two attached hydrogens (primary N) is 1. The molecular weight excluding hydrogens is 278 g/mol. The average molecular weight is 293 g/mol. The van der Waals surface area contributed by atoms with E-state index in [9.17, 15) is 8.42 Å². The molecular formula is C13H15N3O3S. The number of fused-ring (bicyclic) bond motifs is 1. The third-order valence-corrected chi connectivity index (χ3v) is 5.28. The lowest BCUT2D eigenvalue weighted by atomic mass is 10.2. The lowest BCUT2D eigenvalue weighted by molar-refractivity contribution is 0.0730. The normalized spacial score (nSPS) is 17.4. The van der Waals surface area contributed by atoms with Crippen LogP contribution >= 0.6 is 0 Å². The molecule has 0 aliphatic carbocycles. The molecule has 1 aromatic carbocycles. The largest absolute Gasteiger partial charge is 0.398 e. The maximum Gasteiger partial charge on any atom is 0.245 e. The van der Waals surface area contributed by atoms with Crippen molar-refractivity contribution in [3.8, 4) is 0 Å². The summed E-state index contributed by atoms with van der Waals surface area (Å²) in [5.41, 5.74) is 6.82. The fraction of sp³-hybridized carbons (Fsp3) is 0.308. The number of pyridine rings is 1. The van der Waals surface area contributed by atoms with Gasteiger partial charge < -0.3 is 10.5 Å². The fourth-order valence-electron chi connectivity index (χ4n) is 2.30. The van der Waals surface area contributed by atoms with Crippen LogP contribution in [0.15, 0.2) is 35.4 Å². The van der Waals surface area contributed by atoms with Gasteiger partial charge in [-0.2, -0.15) is 4.31 Å². The van der Waals surface area contributed by atoms with Crippen LogP contribution in [0.2, 0.25) is 0 Å². The van der Waals surface area contributed by atoms with Gasteiger partial charge in [-0.05, 0) is 24.3 Å². The summed E-state index contributed by atoms with van der Waals surface area (Å²) in [6.07, 6.45) is 1.57. The summed E-state index contributed by atoms with van der Waals surface area (Å²) in [5, 5.41) is 0.654. The minimum Gasteiger partial charge on any atom is -0.398 e. The van der Waals surface area contributed by atoms with E-state index >= 15 is 0 Å². The molecule has 1 aromatic heterocycles. The number of ether oxygens (including phenoxy) is 1. The standard InChI is InChI=1S/C13H15N3O3S/c14-11-3-4-12(13-10(11)2-1-5-15-13)20(17,18)16-6-8-19-9-7-16/h1-5H,6-9,14H2. The van der Waals surface area contributed by atoms with Crippen molar-refractivity contribution < 1.29 is 13.2 Å². The Morgan fingerprint density at radius 2 is 1.95 bits per heavy atom. The zero-order valence-corrected chi connectivity index (χ0v) is 11.6. The van der Waals surface area contributed by atoms with Crippen LogP contribution in [0.4, 0.5) is 5.69 Å². The molecule has 0 radical (unpaired) electrons. The highest BCUT2D eigenvalue weighted by molar-refractivity contribution is 7.89. The molecule has 0 amide bonds. The van der Waals surface area contributed by atoms with Crippen molar-refractivity contribution in [1.82, 2.24) is 9.29 Å². The number of hydrogen-bond donors (Lipinski definition) is 1. The summed E-state index contributed by atoms with van der Waals surface area (Å²) >= 11 is 0. The quantitative estimate of drug-likeness (QED) is 0.829. The molecule has 0 spiro atoms. The topological polar surface area (TPSA) is 85.5 Å². The molecule has 0 atom stereocenters. The number of sulfonamides is 1. The molecule has 0 unspecified atom stereocenters. The van der Waals surface area contributed by atoms with Gasteiger partial charge >= 0.3 is 0 Å². The van der Waals surface area contributed by atoms with Gasteiger partial charge in [-0.1, -0.05) is 0 Å². The number of nitrogens with zero attached hydrogens (tertiary/aromatic N) is 2. The molecule has 1 aliphatic rings. The first-order chi connectivity index (χ1) is 9.60. The molecule has 2 heterocycles. The zero-order valence-electron chi connectivity index (χ0n) is 10.8. The summed E-state index contributed by atoms with van der Waals surface area (Å²) in [4.78, 5) is 4.38. The Labute approximate surface area is 117 Å². The fourth-order valence-corrected chi connectivity index (χ4v) is 3.86. The number of hydrogen-bond acceptors (Lipinski definition) is 5. The first-order valence-corrected chi connectivity index (χ1v) is 7.76. The third kappa shape index (κ3) is 2.13. The number of anilines is 1. The Morgan fingerprint density at radius 3 is 2.70 bits per heavy atom. The van der Waals surface area contributed by atoms with Crippen LogP contribution in [0.25, 0.3) is 10.9 Å². The SMILES string of the molecule is Nc1ccc(S(=O)(=O)N2CCOCC2)c2ncccc12. The van der Waals surface area contributed by atoms with Crippen LogP contribution in [0.5, 0.6) is 0 Å². The van der Waals surface area contributed by atoms with Crippen LogP contribution in [0.1, 0.15) is 0 Å². The van der Waals surface area contributed by atoms with Gasteiger partial charge in [0.15, 0.2) is 0 Å². The predicted molar refractivity (Wildman–Crippen MR) is 75.7 cm³/mol. The number of benzene rings is 1. The summed E-state index contributed by atoms with van der Waals surface area (Å²) in [7, 11) is -3.57. The molecule has 1 aliphatic heterocycles. The molecule has 2 aromatic rings. The lowest BCUT2D eigenvalue weighted by Gasteiger charge is -2.26. The van der Waals surface area contributed by atoms with E-state index in [4.69, 9.17) is 10.5 Å². The average Bonchev–Trinajstić information content (AvgIpc) is 2.48. The summed E-state index contributed by atoms with van der Waals surface area (Å²) < 4.78 is 32.0. The minimum atomic E-state index is -3.57. The van der Waals surface area contributed by atoms with Crippen LogP contribution in [0, 0.1) is 0 Å². The van der Waals surface area contributed by atoms with Crippen molar-refractivity contribution in [2.45, 2.75) is 4.90 Å². The second-order valence-corrected chi connectivity index (χ2v) is 6.48. The van der Waals surface area contributed by atoms with Crippen LogP contribution in [-0.2, 0) is 14.8 Å². The Hall–Kier alpha value is -1.70. The number of aromatic nitrogens is 1. The second-order valence-electron chi connectivity index (χ2n) is 4.57. The van der Waals surface area contributed by atoms with E-state index in [0.717, 1.165) is 0 Å². The van der Waals surface area contributed by atoms with Gasteiger partial charge in [0.1, 0.15) is 4.90 Å². The second kappa shape index (κ2) is 5.01. The highest BCUT2D eigenvalue weighted by atomic mass is 32.2. The highest BCUT2D eigenvalue weighted by Crippen LogP contribution is 2.28. The number of morpholine rings is 1. The summed E-state index contributed by atoms with van der Waals surface area (Å²) in [5.74, 6) is 0. The first-order valence-electron chi connectivity index (χ1n) is 6.32. The van der Waals surface area contributed by atoms with Gasteiger partial charge in [0.05, 0.1) is 18.7 Å². The summed E-state index contributed by atoms with van der Waals surface area (Å²) in [6.45, 7) is 1.56. The van der Waals surface area contributed by atoms with Gasteiger partial charge in [0.2, 0.25) is 10.0 Å². The smallest absolute Gasteiger partial charge is 0.245 e. The van der Waals surface area contributed by atoms with Gasteiger partial charge in [-0.25, -0.2) is 8.42 Å². The molecule has 0 bridgehead atoms. The van der Waals surface area contributed by atoms with Crippen molar-refractivity contribution >= 4 is 26.6 Å². The van der Waals surface area contributed by atoms with E-state index in [1.54, 1.807) is 24.4 Å². The number of rotatable bonds is 2. The molecule has 1 fully saturated rings. The molecule has 20 heavy (non-hydrogen) atoms. The van der Waals surface area contributed by atoms with E-state index in [1.807, 2.05) is 0 Å². The molecule has 2 N–H and O–H groups in total. The summed E-state index contributed by atoms with van der Waals surface area (Å²) in [6, 6.07) is 6.65. The highest BCUT2D eigenvalue weighted by Gasteiger charge is 2.28. The molecule has 1 saturated heterocycles. The molecule has 6 nitrogen and oxygen atoms in total. The zero-order chi connectivity index (χ0) is 14.2. The van der Waals surface area contributed by atoms with Gasteiger partial charge in [0.25, 0.3) is 0 Å². The van der Waals surface area contributed by atoms with Crippen molar-refractivity contribution in [3.05, 3.63) is 30.5 Å². The number of nitrogen functional groups attached to an aromatic ring is 1. The minimum absolute atomic E-state index is 0.198. The Kier molecular flexibility index (Phi) is 3.33. The van der Waals surface area contributed by atoms with Gasteiger partial charge in [-0.3, -0.25) is 4.98 Å². The van der Waals surface area contributed by atoms with Crippen molar-refractivity contribution in [1.29, 1.82) is 0 Å². The molecule has 0 saturated carbocycles. The van der Waals surface area contributed by atoms with E-state index in [-0.39, 0.29) is 4.90 Å². The van der Waals surface area contributed by atoms with E-state index in [1.165, 1.54) is 10.4 Å². The van der Waals surface area contributed by atoms with Gasteiger partial charge in [0, 0.05) is 30.4 Å². The molecule has 106 valence electrons. The van der Waals surface area contributed by atoms with Crippen molar-refractivity contribution in [3.63, 3.8) is 0 Å². The predicted octanol–water partition coefficient (Wildman–Crippen LogP) is 0.838. The Bertz CT molecular complexity index is 740. The molecule has 7 heteroatoms. The third-order valence-electron chi connectivity index (χ3n) is 3.35. The first kappa shape index (κ1) is 13.3. The van der Waals surface area contributed by atoms with Crippen molar-refractivity contribution in [2.75, 3.05) is 32.0 Å². The van der Waals surface area contributed by atoms with E-state index < -0.39 is 10.0 Å². The lowest BCUT2D eigenvalue weighted by Crippen LogP contribution is -2.40. The maximum atomic E-state index is 12.7. The van der Waals surface area contributed by atoms with E-state index in [2.05, 4.69) is 4.98 Å². The van der Waals surface area contributed by atoms with Gasteiger partial charge in [-0.15, -0.1) is 0 Å². The Morgan fingerprint density at radius 1 is 1.20 bits per heavy atom. The Balaban J connectivity index is 2.16. The maximum absolute atomic E-state index is 12.7. The van der Waals surface area contributed by atoms with Crippen molar-refractivity contribution in [2.24, 2.45) is 0 Å².